The molecule has 0 atom stereocenters. The summed E-state index contributed by atoms with van der Waals surface area (Å²) in [7, 11) is 3.20. The zero-order valence-electron chi connectivity index (χ0n) is 19.1. The number of hydrogen-bond donors (Lipinski definition) is 1. The highest BCUT2D eigenvalue weighted by Crippen LogP contribution is 2.34. The van der Waals surface area contributed by atoms with Crippen LogP contribution in [0.4, 0.5) is 0 Å². The van der Waals surface area contributed by atoms with E-state index in [1.807, 2.05) is 43.3 Å². The van der Waals surface area contributed by atoms with E-state index in [0.717, 1.165) is 27.6 Å². The number of aryl methyl sites for hydroxylation is 1. The van der Waals surface area contributed by atoms with Crippen LogP contribution in [0.3, 0.4) is 0 Å². The molecule has 3 aromatic carbocycles. The van der Waals surface area contributed by atoms with Gasteiger partial charge in [0.2, 0.25) is 0 Å². The number of carbonyl (C=O) groups is 1. The molecule has 1 amide bonds. The molecule has 34 heavy (non-hydrogen) atoms. The highest BCUT2D eigenvalue weighted by molar-refractivity contribution is 6.35. The molecule has 4 rings (SSSR count). The van der Waals surface area contributed by atoms with Crippen molar-refractivity contribution in [3.8, 4) is 22.8 Å². The highest BCUT2D eigenvalue weighted by atomic mass is 35.5. The molecule has 1 aromatic heterocycles. The van der Waals surface area contributed by atoms with Crippen molar-refractivity contribution in [1.82, 2.24) is 10.3 Å². The number of carbonyl (C=O) groups excluding carboxylic acids is 1. The molecule has 1 heterocycles. The van der Waals surface area contributed by atoms with E-state index in [1.54, 1.807) is 38.5 Å². The fourth-order valence-electron chi connectivity index (χ4n) is 3.81. The van der Waals surface area contributed by atoms with Crippen LogP contribution in [0.1, 0.15) is 21.5 Å². The van der Waals surface area contributed by atoms with Gasteiger partial charge in [0.1, 0.15) is 11.5 Å². The summed E-state index contributed by atoms with van der Waals surface area (Å²) >= 11 is 12.2. The Morgan fingerprint density at radius 3 is 2.53 bits per heavy atom. The quantitative estimate of drug-likeness (QED) is 0.318. The summed E-state index contributed by atoms with van der Waals surface area (Å²) in [5.74, 6) is 1.11. The summed E-state index contributed by atoms with van der Waals surface area (Å²) in [5, 5.41) is 4.97. The Bertz CT molecular complexity index is 1370. The molecule has 1 N–H and O–H groups in total. The van der Waals surface area contributed by atoms with Gasteiger partial charge in [0.05, 0.1) is 31.0 Å². The lowest BCUT2D eigenvalue weighted by Gasteiger charge is -2.14. The van der Waals surface area contributed by atoms with Gasteiger partial charge < -0.3 is 14.8 Å². The number of hydrogen-bond acceptors (Lipinski definition) is 4. The summed E-state index contributed by atoms with van der Waals surface area (Å²) in [6.45, 7) is 2.42. The zero-order valence-corrected chi connectivity index (χ0v) is 20.6. The van der Waals surface area contributed by atoms with Gasteiger partial charge in [-0.2, -0.15) is 0 Å². The van der Waals surface area contributed by atoms with E-state index in [9.17, 15) is 4.79 Å². The van der Waals surface area contributed by atoms with Crippen LogP contribution in [0.25, 0.3) is 22.2 Å². The first-order valence-electron chi connectivity index (χ1n) is 10.8. The number of pyridine rings is 1. The molecule has 0 saturated carbocycles. The van der Waals surface area contributed by atoms with E-state index < -0.39 is 0 Å². The smallest absolute Gasteiger partial charge is 0.252 e. The molecule has 0 bridgehead atoms. The topological polar surface area (TPSA) is 60.5 Å². The van der Waals surface area contributed by atoms with Crippen molar-refractivity contribution in [2.75, 3.05) is 20.8 Å². The Morgan fingerprint density at radius 1 is 0.971 bits per heavy atom. The third-order valence-corrected chi connectivity index (χ3v) is 6.18. The van der Waals surface area contributed by atoms with Crippen LogP contribution in [-0.4, -0.2) is 31.7 Å². The number of halogens is 2. The molecule has 0 spiro atoms. The van der Waals surface area contributed by atoms with Gasteiger partial charge in [-0.05, 0) is 61.4 Å². The molecule has 5 nitrogen and oxygen atoms in total. The fraction of sp³-hybridized carbons (Fsp3) is 0.185. The number of amides is 1. The lowest BCUT2D eigenvalue weighted by molar-refractivity contribution is 0.0955. The highest BCUT2D eigenvalue weighted by Gasteiger charge is 2.17. The van der Waals surface area contributed by atoms with Crippen LogP contribution in [0.2, 0.25) is 10.0 Å². The molecule has 0 aliphatic rings. The number of fused-ring (bicyclic) bond motifs is 1. The largest absolute Gasteiger partial charge is 0.497 e. The molecule has 0 aliphatic carbocycles. The van der Waals surface area contributed by atoms with Crippen molar-refractivity contribution in [3.05, 3.63) is 87.4 Å². The van der Waals surface area contributed by atoms with Crippen molar-refractivity contribution in [2.45, 2.75) is 13.3 Å². The lowest BCUT2D eigenvalue weighted by Crippen LogP contribution is -2.26. The molecule has 0 aliphatic heterocycles. The van der Waals surface area contributed by atoms with E-state index in [4.69, 9.17) is 37.7 Å². The third-order valence-electron chi connectivity index (χ3n) is 5.59. The average molecular weight is 495 g/mol. The van der Waals surface area contributed by atoms with E-state index in [1.165, 1.54) is 0 Å². The van der Waals surface area contributed by atoms with Gasteiger partial charge in [-0.15, -0.1) is 0 Å². The predicted molar refractivity (Wildman–Crippen MR) is 138 cm³/mol. The molecule has 0 unspecified atom stereocenters. The lowest BCUT2D eigenvalue weighted by atomic mass is 10.0. The van der Waals surface area contributed by atoms with Crippen molar-refractivity contribution < 1.29 is 14.3 Å². The average Bonchev–Trinajstić information content (AvgIpc) is 2.84. The molecule has 4 aromatic rings. The number of benzene rings is 3. The minimum atomic E-state index is -0.184. The molecular formula is C27H24Cl2N2O3. The Hall–Kier alpha value is -3.28. The summed E-state index contributed by atoms with van der Waals surface area (Å²) in [6.07, 6.45) is 0.586. The normalized spacial score (nSPS) is 10.9. The maximum atomic E-state index is 13.3. The second-order valence-electron chi connectivity index (χ2n) is 7.88. The van der Waals surface area contributed by atoms with Crippen LogP contribution in [0.15, 0.2) is 60.7 Å². The first kappa shape index (κ1) is 23.9. The number of aromatic nitrogens is 1. The number of nitrogens with zero attached hydrogens (tertiary/aromatic N) is 1. The maximum Gasteiger partial charge on any atom is 0.252 e. The fourth-order valence-corrected chi connectivity index (χ4v) is 4.31. The van der Waals surface area contributed by atoms with Crippen LogP contribution in [0, 0.1) is 6.92 Å². The summed E-state index contributed by atoms with van der Waals surface area (Å²) in [5.41, 5.74) is 4.65. The van der Waals surface area contributed by atoms with E-state index in [2.05, 4.69) is 5.32 Å². The Kier molecular flexibility index (Phi) is 7.25. The Balaban J connectivity index is 1.68. The van der Waals surface area contributed by atoms with Crippen molar-refractivity contribution >= 4 is 40.0 Å². The van der Waals surface area contributed by atoms with Crippen molar-refractivity contribution in [2.24, 2.45) is 0 Å². The number of nitrogens with one attached hydrogen (secondary N) is 1. The van der Waals surface area contributed by atoms with Gasteiger partial charge in [-0.25, -0.2) is 4.98 Å². The molecule has 174 valence electrons. The molecule has 0 fully saturated rings. The minimum Gasteiger partial charge on any atom is -0.497 e. The minimum absolute atomic E-state index is 0.184. The first-order chi connectivity index (χ1) is 16.4. The van der Waals surface area contributed by atoms with Crippen molar-refractivity contribution in [1.29, 1.82) is 0 Å². The summed E-state index contributed by atoms with van der Waals surface area (Å²) in [6, 6.07) is 18.6. The van der Waals surface area contributed by atoms with Gasteiger partial charge in [-0.3, -0.25) is 4.79 Å². The third kappa shape index (κ3) is 5.11. The monoisotopic (exact) mass is 494 g/mol. The SMILES string of the molecule is COc1ccc(-c2cc(C(=O)NCCc3ccc(Cl)cc3Cl)c3cc(C)ccc3n2)c(OC)c1. The molecule has 0 saturated heterocycles. The summed E-state index contributed by atoms with van der Waals surface area (Å²) in [4.78, 5) is 18.1. The molecular weight excluding hydrogens is 471 g/mol. The standard InChI is InChI=1S/C27H24Cl2N2O3/c1-16-4-9-24-21(12-16)22(27(32)30-11-10-17-5-6-18(28)13-23(17)29)15-25(31-24)20-8-7-19(33-2)14-26(20)34-3/h4-9,12-15H,10-11H2,1-3H3,(H,30,32). The van der Waals surface area contributed by atoms with E-state index in [-0.39, 0.29) is 5.91 Å². The van der Waals surface area contributed by atoms with Crippen LogP contribution >= 0.6 is 23.2 Å². The number of rotatable bonds is 7. The second kappa shape index (κ2) is 10.3. The van der Waals surface area contributed by atoms with Gasteiger partial charge in [0.25, 0.3) is 5.91 Å². The van der Waals surface area contributed by atoms with Gasteiger partial charge in [-0.1, -0.05) is 40.9 Å². The maximum absolute atomic E-state index is 13.3. The van der Waals surface area contributed by atoms with Crippen molar-refractivity contribution in [3.63, 3.8) is 0 Å². The zero-order chi connectivity index (χ0) is 24.2. The first-order valence-corrected chi connectivity index (χ1v) is 11.5. The number of methoxy groups -OCH3 is 2. The Labute approximate surface area is 208 Å². The molecule has 7 heteroatoms. The van der Waals surface area contributed by atoms with Gasteiger partial charge in [0.15, 0.2) is 0 Å². The Morgan fingerprint density at radius 2 is 1.79 bits per heavy atom. The van der Waals surface area contributed by atoms with Crippen LogP contribution in [0.5, 0.6) is 11.5 Å². The molecule has 0 radical (unpaired) electrons. The summed E-state index contributed by atoms with van der Waals surface area (Å²) < 4.78 is 10.9. The van der Waals surface area contributed by atoms with Gasteiger partial charge in [0, 0.05) is 33.6 Å². The van der Waals surface area contributed by atoms with Crippen LogP contribution < -0.4 is 14.8 Å². The van der Waals surface area contributed by atoms with Crippen LogP contribution in [-0.2, 0) is 6.42 Å². The van der Waals surface area contributed by atoms with E-state index >= 15 is 0 Å². The second-order valence-corrected chi connectivity index (χ2v) is 8.73. The predicted octanol–water partition coefficient (Wildman–Crippen LogP) is 6.51. The van der Waals surface area contributed by atoms with Gasteiger partial charge >= 0.3 is 0 Å². The van der Waals surface area contributed by atoms with E-state index in [0.29, 0.717) is 45.8 Å². The number of ether oxygens (including phenoxy) is 2.